The average molecular weight is 513 g/mol. The fraction of sp³-hybridized carbons (Fsp3) is 0.844. The molecule has 0 aromatic rings. The molecule has 4 fully saturated rings. The standard InChI is InChI=1S/C32H48O5/c1-18(2)25-21(34)17-32(27(35)36)16-15-30(7)20(26(25)32)9-10-23-29(6)13-12-24(37-19(3)33)28(4,5)22(29)11-14-31(23,30)8/h18,20,22-24H,9-17H2,1-8H3,(H,35,36)/t20?,22?,23?,24?,29?,30-,31?,32?/m1/s1. The van der Waals surface area contributed by atoms with Crippen molar-refractivity contribution in [3.63, 3.8) is 0 Å². The van der Waals surface area contributed by atoms with Gasteiger partial charge in [0.15, 0.2) is 5.78 Å². The number of hydrogen-bond acceptors (Lipinski definition) is 4. The number of carbonyl (C=O) groups is 3. The lowest BCUT2D eigenvalue weighted by Crippen LogP contribution is -2.66. The van der Waals surface area contributed by atoms with Crippen LogP contribution in [0.15, 0.2) is 11.1 Å². The number of rotatable bonds is 3. The molecule has 4 saturated carbocycles. The molecule has 5 heteroatoms. The van der Waals surface area contributed by atoms with Crippen molar-refractivity contribution < 1.29 is 24.2 Å². The molecule has 5 rings (SSSR count). The fourth-order valence-corrected chi connectivity index (χ4v) is 11.3. The first-order chi connectivity index (χ1) is 17.1. The summed E-state index contributed by atoms with van der Waals surface area (Å²) in [5.74, 6) is 0.341. The minimum atomic E-state index is -0.991. The predicted octanol–water partition coefficient (Wildman–Crippen LogP) is 6.98. The van der Waals surface area contributed by atoms with E-state index >= 15 is 0 Å². The third-order valence-electron chi connectivity index (χ3n) is 13.1. The molecule has 8 atom stereocenters. The number of hydrogen-bond donors (Lipinski definition) is 1. The lowest BCUT2D eigenvalue weighted by molar-refractivity contribution is -0.233. The van der Waals surface area contributed by atoms with Crippen molar-refractivity contribution in [2.24, 2.45) is 50.7 Å². The molecule has 1 N–H and O–H groups in total. The lowest BCUT2D eigenvalue weighted by atomic mass is 9.33. The fourth-order valence-electron chi connectivity index (χ4n) is 11.3. The van der Waals surface area contributed by atoms with Crippen LogP contribution in [-0.4, -0.2) is 28.9 Å². The van der Waals surface area contributed by atoms with E-state index in [1.165, 1.54) is 6.92 Å². The zero-order chi connectivity index (χ0) is 27.3. The molecule has 0 heterocycles. The van der Waals surface area contributed by atoms with Crippen LogP contribution in [0, 0.1) is 50.7 Å². The number of carboxylic acid groups (broad SMARTS) is 1. The zero-order valence-electron chi connectivity index (χ0n) is 24.3. The van der Waals surface area contributed by atoms with Gasteiger partial charge < -0.3 is 9.84 Å². The number of Topliss-reactive ketones (excluding diaryl/α,β-unsaturated/α-hetero) is 1. The summed E-state index contributed by atoms with van der Waals surface area (Å²) < 4.78 is 5.86. The highest BCUT2D eigenvalue weighted by atomic mass is 16.5. The third-order valence-corrected chi connectivity index (χ3v) is 13.1. The number of fused-ring (bicyclic) bond motifs is 7. The number of ether oxygens (including phenoxy) is 1. The molecule has 0 amide bonds. The van der Waals surface area contributed by atoms with Crippen LogP contribution in [0.25, 0.3) is 0 Å². The molecule has 0 aromatic carbocycles. The first-order valence-electron chi connectivity index (χ1n) is 14.7. The Morgan fingerprint density at radius 3 is 2.16 bits per heavy atom. The molecule has 206 valence electrons. The molecule has 0 aromatic heterocycles. The highest BCUT2D eigenvalue weighted by Crippen LogP contribution is 2.76. The van der Waals surface area contributed by atoms with Gasteiger partial charge >= 0.3 is 11.9 Å². The highest BCUT2D eigenvalue weighted by Gasteiger charge is 2.71. The van der Waals surface area contributed by atoms with Crippen LogP contribution in [0.4, 0.5) is 0 Å². The quantitative estimate of drug-likeness (QED) is 0.413. The van der Waals surface area contributed by atoms with Gasteiger partial charge in [-0.2, -0.15) is 0 Å². The maximum absolute atomic E-state index is 13.3. The number of aliphatic carboxylic acids is 1. The Morgan fingerprint density at radius 1 is 0.892 bits per heavy atom. The van der Waals surface area contributed by atoms with Crippen LogP contribution in [0.2, 0.25) is 0 Å². The van der Waals surface area contributed by atoms with E-state index in [0.717, 1.165) is 56.1 Å². The Labute approximate surface area is 223 Å². The van der Waals surface area contributed by atoms with E-state index in [1.807, 2.05) is 0 Å². The Morgan fingerprint density at radius 2 is 1.57 bits per heavy atom. The summed E-state index contributed by atoms with van der Waals surface area (Å²) in [5, 5.41) is 10.5. The van der Waals surface area contributed by atoms with Crippen molar-refractivity contribution in [1.29, 1.82) is 0 Å². The normalized spacial score (nSPS) is 46.6. The molecule has 0 aliphatic heterocycles. The lowest BCUT2D eigenvalue weighted by Gasteiger charge is -2.72. The summed E-state index contributed by atoms with van der Waals surface area (Å²) in [5.41, 5.74) is 0.992. The van der Waals surface area contributed by atoms with Crippen LogP contribution in [0.5, 0.6) is 0 Å². The van der Waals surface area contributed by atoms with Gasteiger partial charge in [-0.25, -0.2) is 0 Å². The van der Waals surface area contributed by atoms with Crippen molar-refractivity contribution >= 4 is 17.7 Å². The summed E-state index contributed by atoms with van der Waals surface area (Å²) in [7, 11) is 0. The molecule has 37 heavy (non-hydrogen) atoms. The van der Waals surface area contributed by atoms with Gasteiger partial charge in [0, 0.05) is 18.8 Å². The van der Waals surface area contributed by atoms with Gasteiger partial charge in [0.1, 0.15) is 6.10 Å². The van der Waals surface area contributed by atoms with E-state index in [-0.39, 0.29) is 57.8 Å². The monoisotopic (exact) mass is 512 g/mol. The molecule has 0 saturated heterocycles. The highest BCUT2D eigenvalue weighted by molar-refractivity contribution is 6.05. The van der Waals surface area contributed by atoms with Gasteiger partial charge in [-0.15, -0.1) is 0 Å². The first kappa shape index (κ1) is 26.9. The Balaban J connectivity index is 1.57. The number of esters is 1. The van der Waals surface area contributed by atoms with Gasteiger partial charge in [0.25, 0.3) is 0 Å². The number of carboxylic acids is 1. The van der Waals surface area contributed by atoms with E-state index in [1.54, 1.807) is 0 Å². The number of carbonyl (C=O) groups excluding carboxylic acids is 2. The van der Waals surface area contributed by atoms with E-state index in [2.05, 4.69) is 48.5 Å². The van der Waals surface area contributed by atoms with Crippen molar-refractivity contribution in [1.82, 2.24) is 0 Å². The summed E-state index contributed by atoms with van der Waals surface area (Å²) in [6.07, 6.45) is 7.82. The van der Waals surface area contributed by atoms with Crippen molar-refractivity contribution in [2.75, 3.05) is 0 Å². The number of ketones is 1. The van der Waals surface area contributed by atoms with Gasteiger partial charge in [-0.1, -0.05) is 48.5 Å². The van der Waals surface area contributed by atoms with Crippen LogP contribution >= 0.6 is 0 Å². The summed E-state index contributed by atoms with van der Waals surface area (Å²) in [6, 6.07) is 0. The molecule has 5 aliphatic rings. The van der Waals surface area contributed by atoms with Crippen molar-refractivity contribution in [3.05, 3.63) is 11.1 Å². The molecule has 5 nitrogen and oxygen atoms in total. The van der Waals surface area contributed by atoms with E-state index < -0.39 is 11.4 Å². The molecule has 0 spiro atoms. The first-order valence-corrected chi connectivity index (χ1v) is 14.7. The average Bonchev–Trinajstić information content (AvgIpc) is 3.09. The third kappa shape index (κ3) is 3.30. The van der Waals surface area contributed by atoms with Crippen molar-refractivity contribution in [3.8, 4) is 0 Å². The molecule has 7 unspecified atom stereocenters. The Hall–Kier alpha value is -1.65. The molecular formula is C32H48O5. The smallest absolute Gasteiger partial charge is 0.314 e. The van der Waals surface area contributed by atoms with Gasteiger partial charge in [-0.3, -0.25) is 14.4 Å². The summed E-state index contributed by atoms with van der Waals surface area (Å²) in [6.45, 7) is 17.7. The largest absolute Gasteiger partial charge is 0.481 e. The maximum atomic E-state index is 13.3. The molecule has 0 bridgehead atoms. The zero-order valence-corrected chi connectivity index (χ0v) is 24.3. The molecule has 5 aliphatic carbocycles. The number of allylic oxidation sites excluding steroid dienone is 1. The maximum Gasteiger partial charge on any atom is 0.314 e. The van der Waals surface area contributed by atoms with Crippen LogP contribution < -0.4 is 0 Å². The van der Waals surface area contributed by atoms with E-state index in [0.29, 0.717) is 18.3 Å². The van der Waals surface area contributed by atoms with Gasteiger partial charge in [0.2, 0.25) is 0 Å². The SMILES string of the molecule is CC(=O)OC1CCC2(C)C(CCC3(C)C2CCC2C4=C(C(C)C)C(=O)CC4(C(=O)O)CC[C@]23C)C1(C)C. The minimum Gasteiger partial charge on any atom is -0.481 e. The Bertz CT molecular complexity index is 1070. The van der Waals surface area contributed by atoms with Crippen LogP contribution in [0.3, 0.4) is 0 Å². The Kier molecular flexibility index (Phi) is 5.95. The minimum absolute atomic E-state index is 0.0280. The van der Waals surface area contributed by atoms with Gasteiger partial charge in [-0.05, 0) is 102 Å². The van der Waals surface area contributed by atoms with E-state index in [4.69, 9.17) is 4.74 Å². The van der Waals surface area contributed by atoms with Gasteiger partial charge in [0.05, 0.1) is 5.41 Å². The molecular weight excluding hydrogens is 464 g/mol. The topological polar surface area (TPSA) is 80.7 Å². The van der Waals surface area contributed by atoms with Crippen molar-refractivity contribution in [2.45, 2.75) is 119 Å². The van der Waals surface area contributed by atoms with Crippen LogP contribution in [0.1, 0.15) is 113 Å². The second kappa shape index (κ2) is 8.18. The second-order valence-electron chi connectivity index (χ2n) is 15.0. The van der Waals surface area contributed by atoms with Crippen LogP contribution in [-0.2, 0) is 19.1 Å². The predicted molar refractivity (Wildman–Crippen MR) is 143 cm³/mol. The molecule has 0 radical (unpaired) electrons. The van der Waals surface area contributed by atoms with E-state index in [9.17, 15) is 19.5 Å². The summed E-state index contributed by atoms with van der Waals surface area (Å²) >= 11 is 0. The second-order valence-corrected chi connectivity index (χ2v) is 15.0. The summed E-state index contributed by atoms with van der Waals surface area (Å²) in [4.78, 5) is 38.0.